The Balaban J connectivity index is 1.45. The monoisotopic (exact) mass is 451 g/mol. The van der Waals surface area contributed by atoms with Crippen molar-refractivity contribution in [1.82, 2.24) is 9.88 Å². The number of aromatic amines is 1. The van der Waals surface area contributed by atoms with Crippen molar-refractivity contribution in [2.24, 2.45) is 0 Å². The minimum Gasteiger partial charge on any atom is -0.486 e. The predicted molar refractivity (Wildman–Crippen MR) is 123 cm³/mol. The van der Waals surface area contributed by atoms with E-state index in [1.807, 2.05) is 12.1 Å². The van der Waals surface area contributed by atoms with Crippen molar-refractivity contribution in [2.75, 3.05) is 18.5 Å². The first-order valence-corrected chi connectivity index (χ1v) is 11.4. The molecule has 0 saturated heterocycles. The normalized spacial score (nSPS) is 15.9. The maximum Gasteiger partial charge on any atom is 0.322 e. The number of pyridine rings is 1. The molecule has 172 valence electrons. The van der Waals surface area contributed by atoms with E-state index >= 15 is 0 Å². The topological polar surface area (TPSA) is 83.7 Å². The summed E-state index contributed by atoms with van der Waals surface area (Å²) < 4.78 is 24.5. The fraction of sp³-hybridized carbons (Fsp3) is 0.360. The number of carbonyl (C=O) groups excluding carboxylic acids is 1. The van der Waals surface area contributed by atoms with Gasteiger partial charge >= 0.3 is 6.03 Å². The maximum atomic E-state index is 13.3. The van der Waals surface area contributed by atoms with Gasteiger partial charge in [0.25, 0.3) is 5.56 Å². The Morgan fingerprint density at radius 3 is 2.45 bits per heavy atom. The Morgan fingerprint density at radius 1 is 1.03 bits per heavy atom. The van der Waals surface area contributed by atoms with Gasteiger partial charge in [-0.25, -0.2) is 9.18 Å². The van der Waals surface area contributed by atoms with Crippen LogP contribution in [0.1, 0.15) is 37.7 Å². The second-order valence-electron chi connectivity index (χ2n) is 8.56. The largest absolute Gasteiger partial charge is 0.486 e. The molecule has 0 unspecified atom stereocenters. The highest BCUT2D eigenvalue weighted by Gasteiger charge is 2.27. The maximum absolute atomic E-state index is 13.3. The third kappa shape index (κ3) is 4.65. The summed E-state index contributed by atoms with van der Waals surface area (Å²) in [6, 6.07) is 10.8. The summed E-state index contributed by atoms with van der Waals surface area (Å²) >= 11 is 0. The van der Waals surface area contributed by atoms with E-state index in [1.165, 1.54) is 24.3 Å². The predicted octanol–water partition coefficient (Wildman–Crippen LogP) is 4.81. The van der Waals surface area contributed by atoms with Gasteiger partial charge in [-0.05, 0) is 49.2 Å². The SMILES string of the molecule is O=C(Nc1ccc(F)cc1)N(Cc1cc2cc3c(cc2[nH]c1=O)OCCO3)C1CCCCC1. The summed E-state index contributed by atoms with van der Waals surface area (Å²) in [6.07, 6.45) is 5.01. The highest BCUT2D eigenvalue weighted by atomic mass is 19.1. The van der Waals surface area contributed by atoms with E-state index in [-0.39, 0.29) is 30.0 Å². The molecule has 1 aromatic heterocycles. The second kappa shape index (κ2) is 9.13. The molecular weight excluding hydrogens is 425 g/mol. The lowest BCUT2D eigenvalue weighted by Gasteiger charge is -2.34. The van der Waals surface area contributed by atoms with Crippen LogP contribution in [0.25, 0.3) is 10.9 Å². The van der Waals surface area contributed by atoms with Gasteiger partial charge in [-0.1, -0.05) is 19.3 Å². The van der Waals surface area contributed by atoms with Crippen LogP contribution >= 0.6 is 0 Å². The molecule has 2 aromatic carbocycles. The molecule has 1 aliphatic heterocycles. The highest BCUT2D eigenvalue weighted by molar-refractivity contribution is 5.89. The van der Waals surface area contributed by atoms with Crippen molar-refractivity contribution in [3.63, 3.8) is 0 Å². The van der Waals surface area contributed by atoms with Crippen molar-refractivity contribution in [3.05, 3.63) is 64.2 Å². The zero-order valence-electron chi connectivity index (χ0n) is 18.2. The van der Waals surface area contributed by atoms with Crippen LogP contribution in [0.5, 0.6) is 11.5 Å². The first-order chi connectivity index (χ1) is 16.1. The van der Waals surface area contributed by atoms with E-state index in [1.54, 1.807) is 11.0 Å². The van der Waals surface area contributed by atoms with Gasteiger partial charge in [0, 0.05) is 28.7 Å². The van der Waals surface area contributed by atoms with Crippen molar-refractivity contribution in [2.45, 2.75) is 44.7 Å². The molecule has 0 bridgehead atoms. The van der Waals surface area contributed by atoms with Crippen LogP contribution in [0.4, 0.5) is 14.9 Å². The third-order valence-electron chi connectivity index (χ3n) is 6.30. The van der Waals surface area contributed by atoms with Gasteiger partial charge in [0.15, 0.2) is 11.5 Å². The Morgan fingerprint density at radius 2 is 1.73 bits per heavy atom. The molecule has 0 radical (unpaired) electrons. The summed E-state index contributed by atoms with van der Waals surface area (Å²) in [7, 11) is 0. The van der Waals surface area contributed by atoms with Gasteiger partial charge in [-0.15, -0.1) is 0 Å². The Labute approximate surface area is 190 Å². The molecule has 2 N–H and O–H groups in total. The molecule has 2 amide bonds. The first-order valence-electron chi connectivity index (χ1n) is 11.4. The van der Waals surface area contributed by atoms with E-state index in [0.29, 0.717) is 41.5 Å². The van der Waals surface area contributed by atoms with Gasteiger partial charge in [0.2, 0.25) is 0 Å². The zero-order valence-corrected chi connectivity index (χ0v) is 18.2. The number of amides is 2. The number of benzene rings is 2. The van der Waals surface area contributed by atoms with Gasteiger partial charge in [-0.2, -0.15) is 0 Å². The fourth-order valence-corrected chi connectivity index (χ4v) is 4.58. The summed E-state index contributed by atoms with van der Waals surface area (Å²) in [6.45, 7) is 1.13. The van der Waals surface area contributed by atoms with Crippen molar-refractivity contribution < 1.29 is 18.7 Å². The number of urea groups is 1. The average Bonchev–Trinajstić information content (AvgIpc) is 2.83. The number of aromatic nitrogens is 1. The van der Waals surface area contributed by atoms with E-state index in [4.69, 9.17) is 9.47 Å². The molecule has 2 heterocycles. The van der Waals surface area contributed by atoms with Crippen LogP contribution < -0.4 is 20.3 Å². The lowest BCUT2D eigenvalue weighted by molar-refractivity contribution is 0.162. The molecule has 0 spiro atoms. The molecule has 5 rings (SSSR count). The summed E-state index contributed by atoms with van der Waals surface area (Å²) in [5, 5.41) is 3.67. The van der Waals surface area contributed by atoms with Gasteiger partial charge < -0.3 is 24.7 Å². The van der Waals surface area contributed by atoms with E-state index < -0.39 is 0 Å². The fourth-order valence-electron chi connectivity index (χ4n) is 4.58. The second-order valence-corrected chi connectivity index (χ2v) is 8.56. The molecule has 1 aliphatic carbocycles. The molecular formula is C25H26FN3O4. The van der Waals surface area contributed by atoms with Gasteiger partial charge in [-0.3, -0.25) is 4.79 Å². The molecule has 33 heavy (non-hydrogen) atoms. The standard InChI is InChI=1S/C25H26FN3O4/c26-18-6-8-19(9-7-18)27-25(31)29(20-4-2-1-3-5-20)15-17-12-16-13-22-23(33-11-10-32-22)14-21(16)28-24(17)30/h6-9,12-14,20H,1-5,10-11,15H2,(H,27,31)(H,28,30). The Hall–Kier alpha value is -3.55. The van der Waals surface area contributed by atoms with Gasteiger partial charge in [0.05, 0.1) is 12.1 Å². The summed E-state index contributed by atoms with van der Waals surface area (Å²) in [4.78, 5) is 30.8. The minimum absolute atomic E-state index is 0.0366. The van der Waals surface area contributed by atoms with Crippen LogP contribution in [0.15, 0.2) is 47.3 Å². The van der Waals surface area contributed by atoms with E-state index in [2.05, 4.69) is 10.3 Å². The van der Waals surface area contributed by atoms with Crippen LogP contribution in [-0.4, -0.2) is 35.2 Å². The number of anilines is 1. The number of nitrogens with zero attached hydrogens (tertiary/aromatic N) is 1. The average molecular weight is 451 g/mol. The number of rotatable bonds is 4. The molecule has 1 fully saturated rings. The highest BCUT2D eigenvalue weighted by Crippen LogP contribution is 2.34. The summed E-state index contributed by atoms with van der Waals surface area (Å²) in [5.41, 5.74) is 1.43. The zero-order chi connectivity index (χ0) is 22.8. The third-order valence-corrected chi connectivity index (χ3v) is 6.30. The molecule has 7 nitrogen and oxygen atoms in total. The van der Waals surface area contributed by atoms with Crippen LogP contribution in [0, 0.1) is 5.82 Å². The molecule has 8 heteroatoms. The van der Waals surface area contributed by atoms with Crippen molar-refractivity contribution in [1.29, 1.82) is 0 Å². The number of nitrogens with one attached hydrogen (secondary N) is 2. The Kier molecular flexibility index (Phi) is 5.90. The van der Waals surface area contributed by atoms with Crippen molar-refractivity contribution >= 4 is 22.6 Å². The molecule has 1 saturated carbocycles. The number of H-pyrrole nitrogens is 1. The van der Waals surface area contributed by atoms with E-state index in [9.17, 15) is 14.0 Å². The molecule has 0 atom stereocenters. The molecule has 2 aliphatic rings. The van der Waals surface area contributed by atoms with Crippen LogP contribution in [-0.2, 0) is 6.54 Å². The van der Waals surface area contributed by atoms with Crippen LogP contribution in [0.2, 0.25) is 0 Å². The lowest BCUT2D eigenvalue weighted by Crippen LogP contribution is -2.44. The minimum atomic E-state index is -0.364. The number of hydrogen-bond acceptors (Lipinski definition) is 4. The molecule has 3 aromatic rings. The number of carbonyl (C=O) groups is 1. The van der Waals surface area contributed by atoms with Crippen molar-refractivity contribution in [3.8, 4) is 11.5 Å². The quantitative estimate of drug-likeness (QED) is 0.597. The first kappa shape index (κ1) is 21.3. The number of fused-ring (bicyclic) bond motifs is 2. The smallest absolute Gasteiger partial charge is 0.322 e. The van der Waals surface area contributed by atoms with Crippen LogP contribution in [0.3, 0.4) is 0 Å². The Bertz CT molecular complexity index is 1220. The van der Waals surface area contributed by atoms with E-state index in [0.717, 1.165) is 37.5 Å². The number of hydrogen-bond donors (Lipinski definition) is 2. The lowest BCUT2D eigenvalue weighted by atomic mass is 9.94. The summed E-state index contributed by atoms with van der Waals surface area (Å²) in [5.74, 6) is 0.890. The number of ether oxygens (including phenoxy) is 2. The van der Waals surface area contributed by atoms with Gasteiger partial charge in [0.1, 0.15) is 19.0 Å². The number of halogens is 1.